The van der Waals surface area contributed by atoms with Crippen LogP contribution in [0.2, 0.25) is 0 Å². The summed E-state index contributed by atoms with van der Waals surface area (Å²) in [6.45, 7) is 6.42. The molecule has 0 aliphatic heterocycles. The molecule has 2 aromatic rings. The van der Waals surface area contributed by atoms with Crippen LogP contribution in [0.1, 0.15) is 29.4 Å². The summed E-state index contributed by atoms with van der Waals surface area (Å²) in [6.07, 6.45) is 0.904. The molecule has 0 bridgehead atoms. The lowest BCUT2D eigenvalue weighted by Gasteiger charge is -2.08. The first-order valence-electron chi connectivity index (χ1n) is 6.60. The van der Waals surface area contributed by atoms with Crippen LogP contribution in [0.3, 0.4) is 0 Å². The van der Waals surface area contributed by atoms with Crippen molar-refractivity contribution in [3.63, 3.8) is 0 Å². The molecule has 0 amide bonds. The molecule has 0 unspecified atom stereocenters. The van der Waals surface area contributed by atoms with Gasteiger partial charge >= 0.3 is 7.12 Å². The number of nitrogens with zero attached hydrogens (tertiary/aromatic N) is 2. The molecule has 0 fully saturated rings. The summed E-state index contributed by atoms with van der Waals surface area (Å²) in [5, 5.41) is 22.7. The molecular formula is C14H18BFN2O2. The van der Waals surface area contributed by atoms with Crippen LogP contribution in [-0.2, 0) is 13.0 Å². The van der Waals surface area contributed by atoms with E-state index in [-0.39, 0.29) is 5.46 Å². The molecular weight excluding hydrogens is 258 g/mol. The van der Waals surface area contributed by atoms with Gasteiger partial charge < -0.3 is 10.0 Å². The zero-order chi connectivity index (χ0) is 14.9. The first-order valence-corrected chi connectivity index (χ1v) is 6.60. The van der Waals surface area contributed by atoms with E-state index in [1.165, 1.54) is 11.6 Å². The molecule has 0 spiro atoms. The summed E-state index contributed by atoms with van der Waals surface area (Å²) in [4.78, 5) is 0. The van der Waals surface area contributed by atoms with Crippen LogP contribution in [-0.4, -0.2) is 26.9 Å². The fraction of sp³-hybridized carbons (Fsp3) is 0.357. The minimum atomic E-state index is -1.67. The van der Waals surface area contributed by atoms with Gasteiger partial charge in [0.15, 0.2) is 0 Å². The fourth-order valence-corrected chi connectivity index (χ4v) is 2.49. The van der Waals surface area contributed by atoms with E-state index in [9.17, 15) is 4.39 Å². The molecule has 106 valence electrons. The highest BCUT2D eigenvalue weighted by Crippen LogP contribution is 2.15. The van der Waals surface area contributed by atoms with Crippen LogP contribution >= 0.6 is 0 Å². The molecule has 1 aromatic heterocycles. The van der Waals surface area contributed by atoms with E-state index in [4.69, 9.17) is 10.0 Å². The van der Waals surface area contributed by atoms with Crippen molar-refractivity contribution in [2.45, 2.75) is 33.7 Å². The Morgan fingerprint density at radius 3 is 2.50 bits per heavy atom. The first kappa shape index (κ1) is 14.7. The average molecular weight is 276 g/mol. The van der Waals surface area contributed by atoms with Crippen LogP contribution in [0.15, 0.2) is 18.2 Å². The lowest BCUT2D eigenvalue weighted by atomic mass is 9.79. The standard InChI is InChI=1S/C14H18BFN2O2/c1-4-14-9(2)17-18(10(14)3)8-11-5-12(15(19)20)7-13(16)6-11/h5-7,19-20H,4,8H2,1-3H3. The third-order valence-electron chi connectivity index (χ3n) is 3.50. The van der Waals surface area contributed by atoms with E-state index in [2.05, 4.69) is 12.0 Å². The summed E-state index contributed by atoms with van der Waals surface area (Å²) in [6, 6.07) is 4.08. The number of aryl methyl sites for hydroxylation is 1. The Hall–Kier alpha value is -1.66. The molecule has 0 saturated heterocycles. The number of hydrogen-bond acceptors (Lipinski definition) is 3. The minimum Gasteiger partial charge on any atom is -0.423 e. The molecule has 0 aliphatic rings. The van der Waals surface area contributed by atoms with E-state index in [0.29, 0.717) is 12.1 Å². The lowest BCUT2D eigenvalue weighted by Crippen LogP contribution is -2.30. The largest absolute Gasteiger partial charge is 0.488 e. The maximum absolute atomic E-state index is 13.5. The maximum atomic E-state index is 13.5. The monoisotopic (exact) mass is 276 g/mol. The zero-order valence-corrected chi connectivity index (χ0v) is 11.9. The highest BCUT2D eigenvalue weighted by molar-refractivity contribution is 6.58. The minimum absolute atomic E-state index is 0.150. The summed E-state index contributed by atoms with van der Waals surface area (Å²) >= 11 is 0. The van der Waals surface area contributed by atoms with E-state index >= 15 is 0 Å². The fourth-order valence-electron chi connectivity index (χ4n) is 2.49. The van der Waals surface area contributed by atoms with Crippen molar-refractivity contribution in [1.29, 1.82) is 0 Å². The van der Waals surface area contributed by atoms with Gasteiger partial charge in [0.25, 0.3) is 0 Å². The third-order valence-corrected chi connectivity index (χ3v) is 3.50. The summed E-state index contributed by atoms with van der Waals surface area (Å²) < 4.78 is 15.3. The predicted molar refractivity (Wildman–Crippen MR) is 76.4 cm³/mol. The topological polar surface area (TPSA) is 58.3 Å². The molecule has 6 heteroatoms. The Bertz CT molecular complexity index is 626. The van der Waals surface area contributed by atoms with E-state index in [1.54, 1.807) is 6.07 Å². The van der Waals surface area contributed by atoms with Crippen LogP contribution in [0, 0.1) is 19.7 Å². The maximum Gasteiger partial charge on any atom is 0.488 e. The van der Waals surface area contributed by atoms with Crippen LogP contribution < -0.4 is 5.46 Å². The van der Waals surface area contributed by atoms with Gasteiger partial charge in [0.1, 0.15) is 5.82 Å². The molecule has 0 atom stereocenters. The van der Waals surface area contributed by atoms with Gasteiger partial charge in [0.05, 0.1) is 12.2 Å². The van der Waals surface area contributed by atoms with Crippen molar-refractivity contribution in [2.75, 3.05) is 0 Å². The second-order valence-corrected chi connectivity index (χ2v) is 4.93. The van der Waals surface area contributed by atoms with Gasteiger partial charge in [-0.1, -0.05) is 13.0 Å². The van der Waals surface area contributed by atoms with Gasteiger partial charge in [-0.2, -0.15) is 5.10 Å². The number of aromatic nitrogens is 2. The van der Waals surface area contributed by atoms with Gasteiger partial charge in [0, 0.05) is 5.69 Å². The molecule has 4 nitrogen and oxygen atoms in total. The van der Waals surface area contributed by atoms with Gasteiger partial charge in [-0.05, 0) is 49.0 Å². The molecule has 20 heavy (non-hydrogen) atoms. The van der Waals surface area contributed by atoms with Crippen molar-refractivity contribution < 1.29 is 14.4 Å². The number of benzene rings is 1. The van der Waals surface area contributed by atoms with E-state index in [1.807, 2.05) is 18.5 Å². The molecule has 1 aromatic carbocycles. The van der Waals surface area contributed by atoms with E-state index in [0.717, 1.165) is 23.9 Å². The van der Waals surface area contributed by atoms with E-state index < -0.39 is 12.9 Å². The molecule has 2 rings (SSSR count). The van der Waals surface area contributed by atoms with Crippen molar-refractivity contribution in [1.82, 2.24) is 9.78 Å². The molecule has 1 heterocycles. The Morgan fingerprint density at radius 1 is 1.25 bits per heavy atom. The summed E-state index contributed by atoms with van der Waals surface area (Å²) in [7, 11) is -1.67. The van der Waals surface area contributed by atoms with Crippen molar-refractivity contribution >= 4 is 12.6 Å². The van der Waals surface area contributed by atoms with Crippen molar-refractivity contribution in [3.8, 4) is 0 Å². The van der Waals surface area contributed by atoms with Gasteiger partial charge in [-0.25, -0.2) is 4.39 Å². The molecule has 0 saturated carbocycles. The Morgan fingerprint density at radius 2 is 1.95 bits per heavy atom. The lowest BCUT2D eigenvalue weighted by molar-refractivity contribution is 0.425. The third kappa shape index (κ3) is 2.91. The number of hydrogen-bond donors (Lipinski definition) is 2. The molecule has 0 aliphatic carbocycles. The Kier molecular flexibility index (Phi) is 4.25. The van der Waals surface area contributed by atoms with Crippen LogP contribution in [0.4, 0.5) is 4.39 Å². The quantitative estimate of drug-likeness (QED) is 0.817. The average Bonchev–Trinajstić information content (AvgIpc) is 2.63. The number of halogens is 1. The Balaban J connectivity index is 2.35. The smallest absolute Gasteiger partial charge is 0.423 e. The normalized spacial score (nSPS) is 10.9. The van der Waals surface area contributed by atoms with Gasteiger partial charge in [-0.15, -0.1) is 0 Å². The van der Waals surface area contributed by atoms with Crippen molar-refractivity contribution in [2.24, 2.45) is 0 Å². The highest BCUT2D eigenvalue weighted by Gasteiger charge is 2.15. The zero-order valence-electron chi connectivity index (χ0n) is 11.9. The molecule has 2 N–H and O–H groups in total. The molecule has 0 radical (unpaired) electrons. The summed E-state index contributed by atoms with van der Waals surface area (Å²) in [5.74, 6) is -0.483. The van der Waals surface area contributed by atoms with Crippen LogP contribution in [0.5, 0.6) is 0 Å². The first-order chi connectivity index (χ1) is 9.42. The summed E-state index contributed by atoms with van der Waals surface area (Å²) in [5.41, 5.74) is 4.03. The SMILES string of the molecule is CCc1c(C)nn(Cc2cc(F)cc(B(O)O)c2)c1C. The van der Waals surface area contributed by atoms with Gasteiger partial charge in [-0.3, -0.25) is 4.68 Å². The Labute approximate surface area is 118 Å². The second kappa shape index (κ2) is 5.77. The van der Waals surface area contributed by atoms with Gasteiger partial charge in [0.2, 0.25) is 0 Å². The highest BCUT2D eigenvalue weighted by atomic mass is 19.1. The second-order valence-electron chi connectivity index (χ2n) is 4.93. The number of rotatable bonds is 4. The predicted octanol–water partition coefficient (Wildman–Crippen LogP) is 0.930. The van der Waals surface area contributed by atoms with Crippen LogP contribution in [0.25, 0.3) is 0 Å². The van der Waals surface area contributed by atoms with Crippen molar-refractivity contribution in [3.05, 3.63) is 46.5 Å².